The largest absolute Gasteiger partial charge is 0.381 e. The molecule has 140 valence electrons. The number of aryl methyl sites for hydroxylation is 1. The van der Waals surface area contributed by atoms with Crippen LogP contribution in [0.1, 0.15) is 31.2 Å². The minimum absolute atomic E-state index is 0.0463. The van der Waals surface area contributed by atoms with Crippen LogP contribution >= 0.6 is 15.9 Å². The third-order valence-electron chi connectivity index (χ3n) is 5.68. The van der Waals surface area contributed by atoms with Gasteiger partial charge in [0.15, 0.2) is 0 Å². The highest BCUT2D eigenvalue weighted by Gasteiger charge is 2.42. The Morgan fingerprint density at radius 3 is 2.81 bits per heavy atom. The van der Waals surface area contributed by atoms with E-state index in [1.54, 1.807) is 4.90 Å². The molecule has 3 aliphatic rings. The summed E-state index contributed by atoms with van der Waals surface area (Å²) in [5, 5.41) is 0. The zero-order chi connectivity index (χ0) is 18.3. The fourth-order valence-corrected chi connectivity index (χ4v) is 4.21. The first kappa shape index (κ1) is 18.0. The summed E-state index contributed by atoms with van der Waals surface area (Å²) in [6.45, 7) is 4.84. The van der Waals surface area contributed by atoms with Crippen molar-refractivity contribution in [2.45, 2.75) is 38.6 Å². The second kappa shape index (κ2) is 7.31. The minimum Gasteiger partial charge on any atom is -0.381 e. The molecule has 2 heterocycles. The molecule has 2 amide bonds. The Morgan fingerprint density at radius 1 is 1.35 bits per heavy atom. The monoisotopic (exact) mass is 420 g/mol. The number of anilines is 1. The summed E-state index contributed by atoms with van der Waals surface area (Å²) in [6, 6.07) is 6.28. The van der Waals surface area contributed by atoms with E-state index in [0.717, 1.165) is 54.7 Å². The molecule has 0 aromatic heterocycles. The van der Waals surface area contributed by atoms with Gasteiger partial charge in [0.05, 0.1) is 12.5 Å². The van der Waals surface area contributed by atoms with E-state index in [4.69, 9.17) is 4.74 Å². The standard InChI is InChI=1S/C20H25BrN2O3/c1-13-8-17(4-5-18(13)21)22-11-15(9-19(22)24)20(25)23(16-2-3-16)10-14-6-7-26-12-14/h4-5,8,14-16H,2-3,6-7,9-12H2,1H3/t14-,15+/m0/s1. The molecule has 1 aromatic rings. The number of hydrogen-bond acceptors (Lipinski definition) is 3. The molecule has 1 aromatic carbocycles. The van der Waals surface area contributed by atoms with Crippen molar-refractivity contribution < 1.29 is 14.3 Å². The molecule has 3 fully saturated rings. The lowest BCUT2D eigenvalue weighted by molar-refractivity contribution is -0.137. The van der Waals surface area contributed by atoms with Crippen LogP contribution in [-0.4, -0.2) is 49.1 Å². The van der Waals surface area contributed by atoms with E-state index in [-0.39, 0.29) is 17.7 Å². The van der Waals surface area contributed by atoms with Gasteiger partial charge in [-0.15, -0.1) is 0 Å². The molecular weight excluding hydrogens is 396 g/mol. The molecule has 4 rings (SSSR count). The van der Waals surface area contributed by atoms with Crippen molar-refractivity contribution in [1.82, 2.24) is 4.90 Å². The van der Waals surface area contributed by atoms with E-state index in [1.165, 1.54) is 0 Å². The van der Waals surface area contributed by atoms with Crippen LogP contribution in [0.3, 0.4) is 0 Å². The minimum atomic E-state index is -0.227. The molecule has 1 aliphatic carbocycles. The molecule has 2 atom stereocenters. The topological polar surface area (TPSA) is 49.9 Å². The van der Waals surface area contributed by atoms with Gasteiger partial charge in [-0.25, -0.2) is 0 Å². The fourth-order valence-electron chi connectivity index (χ4n) is 3.96. The number of benzene rings is 1. The summed E-state index contributed by atoms with van der Waals surface area (Å²) in [6.07, 6.45) is 3.54. The second-order valence-corrected chi connectivity index (χ2v) is 8.64. The van der Waals surface area contributed by atoms with Crippen molar-refractivity contribution in [3.8, 4) is 0 Å². The van der Waals surface area contributed by atoms with Gasteiger partial charge in [0.1, 0.15) is 0 Å². The lowest BCUT2D eigenvalue weighted by atomic mass is 10.0. The maximum absolute atomic E-state index is 13.2. The number of ether oxygens (including phenoxy) is 1. The average molecular weight is 421 g/mol. The van der Waals surface area contributed by atoms with E-state index >= 15 is 0 Å². The van der Waals surface area contributed by atoms with Gasteiger partial charge < -0.3 is 14.5 Å². The number of amides is 2. The van der Waals surface area contributed by atoms with Gasteiger partial charge in [0, 0.05) is 48.2 Å². The Morgan fingerprint density at radius 2 is 2.15 bits per heavy atom. The van der Waals surface area contributed by atoms with E-state index in [9.17, 15) is 9.59 Å². The van der Waals surface area contributed by atoms with Gasteiger partial charge in [-0.1, -0.05) is 15.9 Å². The first-order valence-electron chi connectivity index (χ1n) is 9.47. The molecular formula is C20H25BrN2O3. The highest BCUT2D eigenvalue weighted by Crippen LogP contribution is 2.34. The lowest BCUT2D eigenvalue weighted by Gasteiger charge is -2.28. The molecule has 2 saturated heterocycles. The van der Waals surface area contributed by atoms with Gasteiger partial charge in [0.25, 0.3) is 0 Å². The third kappa shape index (κ3) is 3.67. The smallest absolute Gasteiger partial charge is 0.228 e. The van der Waals surface area contributed by atoms with Gasteiger partial charge in [-0.3, -0.25) is 9.59 Å². The molecule has 1 saturated carbocycles. The summed E-state index contributed by atoms with van der Waals surface area (Å²) in [5.74, 6) is 0.422. The van der Waals surface area contributed by atoms with Crippen LogP contribution in [0.5, 0.6) is 0 Å². The van der Waals surface area contributed by atoms with Crippen LogP contribution in [0.2, 0.25) is 0 Å². The van der Waals surface area contributed by atoms with Crippen molar-refractivity contribution >= 4 is 33.4 Å². The van der Waals surface area contributed by atoms with E-state index in [0.29, 0.717) is 24.9 Å². The van der Waals surface area contributed by atoms with E-state index < -0.39 is 0 Å². The predicted molar refractivity (Wildman–Crippen MR) is 103 cm³/mol. The molecule has 0 spiro atoms. The quantitative estimate of drug-likeness (QED) is 0.734. The number of rotatable bonds is 5. The molecule has 0 unspecified atom stereocenters. The summed E-state index contributed by atoms with van der Waals surface area (Å²) in [5.41, 5.74) is 1.97. The van der Waals surface area contributed by atoms with Crippen molar-refractivity contribution in [1.29, 1.82) is 0 Å². The van der Waals surface area contributed by atoms with Gasteiger partial charge >= 0.3 is 0 Å². The Bertz CT molecular complexity index is 713. The first-order chi connectivity index (χ1) is 12.5. The molecule has 26 heavy (non-hydrogen) atoms. The maximum atomic E-state index is 13.2. The molecule has 0 N–H and O–H groups in total. The normalized spacial score (nSPS) is 25.8. The first-order valence-corrected chi connectivity index (χ1v) is 10.3. The Hall–Kier alpha value is -1.40. The molecule has 5 nitrogen and oxygen atoms in total. The maximum Gasteiger partial charge on any atom is 0.228 e. The van der Waals surface area contributed by atoms with Crippen LogP contribution < -0.4 is 4.90 Å². The summed E-state index contributed by atoms with van der Waals surface area (Å²) >= 11 is 3.50. The van der Waals surface area contributed by atoms with Gasteiger partial charge in [0.2, 0.25) is 11.8 Å². The van der Waals surface area contributed by atoms with Crippen LogP contribution in [0.15, 0.2) is 22.7 Å². The highest BCUT2D eigenvalue weighted by molar-refractivity contribution is 9.10. The number of hydrogen-bond donors (Lipinski definition) is 0. The molecule has 0 radical (unpaired) electrons. The average Bonchev–Trinajstić information content (AvgIpc) is 3.19. The zero-order valence-electron chi connectivity index (χ0n) is 15.1. The van der Waals surface area contributed by atoms with Crippen LogP contribution in [0, 0.1) is 18.8 Å². The molecule has 6 heteroatoms. The van der Waals surface area contributed by atoms with Gasteiger partial charge in [-0.05, 0) is 49.9 Å². The van der Waals surface area contributed by atoms with Crippen molar-refractivity contribution in [3.63, 3.8) is 0 Å². The predicted octanol–water partition coefficient (Wildman–Crippen LogP) is 3.14. The Balaban J connectivity index is 1.46. The van der Waals surface area contributed by atoms with Crippen molar-refractivity contribution in [2.24, 2.45) is 11.8 Å². The Labute approximate surface area is 162 Å². The molecule has 2 aliphatic heterocycles. The zero-order valence-corrected chi connectivity index (χ0v) is 16.7. The SMILES string of the molecule is Cc1cc(N2C[C@H](C(=O)N(C[C@@H]3CCOC3)C3CC3)CC2=O)ccc1Br. The number of carbonyl (C=O) groups excluding carboxylic acids is 2. The third-order valence-corrected chi connectivity index (χ3v) is 6.57. The van der Waals surface area contributed by atoms with Crippen LogP contribution in [0.4, 0.5) is 5.69 Å². The summed E-state index contributed by atoms with van der Waals surface area (Å²) in [7, 11) is 0. The number of halogens is 1. The Kier molecular flexibility index (Phi) is 5.06. The van der Waals surface area contributed by atoms with Crippen molar-refractivity contribution in [2.75, 3.05) is 31.2 Å². The van der Waals surface area contributed by atoms with Gasteiger partial charge in [-0.2, -0.15) is 0 Å². The van der Waals surface area contributed by atoms with Crippen molar-refractivity contribution in [3.05, 3.63) is 28.2 Å². The summed E-state index contributed by atoms with van der Waals surface area (Å²) < 4.78 is 6.50. The van der Waals surface area contributed by atoms with E-state index in [1.807, 2.05) is 30.0 Å². The highest BCUT2D eigenvalue weighted by atomic mass is 79.9. The number of carbonyl (C=O) groups is 2. The lowest BCUT2D eigenvalue weighted by Crippen LogP contribution is -2.42. The van der Waals surface area contributed by atoms with Crippen LogP contribution in [0.25, 0.3) is 0 Å². The molecule has 0 bridgehead atoms. The van der Waals surface area contributed by atoms with Crippen LogP contribution in [-0.2, 0) is 14.3 Å². The second-order valence-electron chi connectivity index (χ2n) is 7.79. The van der Waals surface area contributed by atoms with E-state index in [2.05, 4.69) is 15.9 Å². The number of nitrogens with zero attached hydrogens (tertiary/aromatic N) is 2. The fraction of sp³-hybridized carbons (Fsp3) is 0.600. The summed E-state index contributed by atoms with van der Waals surface area (Å²) in [4.78, 5) is 29.5.